The summed E-state index contributed by atoms with van der Waals surface area (Å²) in [4.78, 5) is 26.0. The van der Waals surface area contributed by atoms with Crippen molar-refractivity contribution >= 4 is 23.4 Å². The van der Waals surface area contributed by atoms with Crippen LogP contribution in [0.4, 0.5) is 5.69 Å². The van der Waals surface area contributed by atoms with Gasteiger partial charge in [-0.25, -0.2) is 4.68 Å². The third-order valence-corrected chi connectivity index (χ3v) is 7.40. The molecule has 0 saturated carbocycles. The summed E-state index contributed by atoms with van der Waals surface area (Å²) in [7, 11) is 1.79. The zero-order chi connectivity index (χ0) is 28.1. The maximum absolute atomic E-state index is 13.1. The Morgan fingerprint density at radius 3 is 2.44 bits per heavy atom. The highest BCUT2D eigenvalue weighted by atomic mass is 32.2. The van der Waals surface area contributed by atoms with Crippen molar-refractivity contribution in [2.24, 2.45) is 7.05 Å². The van der Waals surface area contributed by atoms with Gasteiger partial charge in [0.25, 0.3) is 5.56 Å². The van der Waals surface area contributed by atoms with E-state index in [0.29, 0.717) is 29.1 Å². The van der Waals surface area contributed by atoms with Gasteiger partial charge in [0.05, 0.1) is 17.1 Å². The van der Waals surface area contributed by atoms with Crippen LogP contribution in [-0.4, -0.2) is 35.8 Å². The van der Waals surface area contributed by atoms with Crippen molar-refractivity contribution in [1.29, 1.82) is 0 Å². The molecule has 0 aliphatic rings. The van der Waals surface area contributed by atoms with Crippen LogP contribution >= 0.6 is 11.8 Å². The predicted molar refractivity (Wildman–Crippen MR) is 155 cm³/mol. The molecule has 0 bridgehead atoms. The minimum Gasteiger partial charge on any atom is -0.483 e. The van der Waals surface area contributed by atoms with Gasteiger partial charge >= 0.3 is 0 Å². The molecule has 0 fully saturated rings. The molecule has 0 aliphatic carbocycles. The molecule has 39 heavy (non-hydrogen) atoms. The maximum Gasteiger partial charge on any atom is 0.295 e. The van der Waals surface area contributed by atoms with Gasteiger partial charge in [0, 0.05) is 13.6 Å². The summed E-state index contributed by atoms with van der Waals surface area (Å²) in [6, 6.07) is 17.3. The Balaban J connectivity index is 1.45. The Bertz CT molecular complexity index is 1500. The molecular weight excluding hydrogens is 512 g/mol. The molecule has 2 aromatic carbocycles. The van der Waals surface area contributed by atoms with E-state index in [0.717, 1.165) is 11.4 Å². The minimum atomic E-state index is -0.367. The monoisotopic (exact) mass is 546 g/mol. The number of hydrogen-bond acceptors (Lipinski definition) is 6. The van der Waals surface area contributed by atoms with Crippen molar-refractivity contribution in [3.8, 4) is 11.4 Å². The van der Waals surface area contributed by atoms with Gasteiger partial charge < -0.3 is 10.1 Å². The number of nitrogens with zero attached hydrogens (tertiary/aromatic N) is 5. The SMILES string of the molecule is C=CCn1c(SCC(=O)Nc2c(C)n(C)n(-c3ccccc3)c2=O)nnc1C(C)Oc1ccc(C(C)C)cc1. The fourth-order valence-corrected chi connectivity index (χ4v) is 4.97. The zero-order valence-corrected chi connectivity index (χ0v) is 23.7. The molecule has 1 atom stereocenters. The van der Waals surface area contributed by atoms with Crippen molar-refractivity contribution in [3.05, 3.63) is 94.7 Å². The van der Waals surface area contributed by atoms with Crippen LogP contribution in [-0.2, 0) is 18.4 Å². The lowest BCUT2D eigenvalue weighted by Crippen LogP contribution is -2.23. The number of anilines is 1. The summed E-state index contributed by atoms with van der Waals surface area (Å²) in [5.41, 5.74) is 2.59. The first-order valence-electron chi connectivity index (χ1n) is 12.8. The van der Waals surface area contributed by atoms with Crippen LogP contribution < -0.4 is 15.6 Å². The lowest BCUT2D eigenvalue weighted by molar-refractivity contribution is -0.113. The number of aromatic nitrogens is 5. The van der Waals surface area contributed by atoms with Crippen LogP contribution in [0.5, 0.6) is 5.75 Å². The van der Waals surface area contributed by atoms with Crippen molar-refractivity contribution < 1.29 is 9.53 Å². The summed E-state index contributed by atoms with van der Waals surface area (Å²) < 4.78 is 11.3. The Hall–Kier alpha value is -4.05. The molecule has 4 aromatic rings. The van der Waals surface area contributed by atoms with E-state index in [2.05, 4.69) is 48.1 Å². The van der Waals surface area contributed by atoms with E-state index in [9.17, 15) is 9.59 Å². The summed E-state index contributed by atoms with van der Waals surface area (Å²) in [6.07, 6.45) is 1.38. The summed E-state index contributed by atoms with van der Waals surface area (Å²) >= 11 is 1.24. The van der Waals surface area contributed by atoms with E-state index in [1.807, 2.05) is 54.0 Å². The first-order chi connectivity index (χ1) is 18.7. The highest BCUT2D eigenvalue weighted by molar-refractivity contribution is 7.99. The number of allylic oxidation sites excluding steroid dienone is 1. The number of thioether (sulfide) groups is 1. The number of carbonyl (C=O) groups is 1. The maximum atomic E-state index is 13.1. The lowest BCUT2D eigenvalue weighted by atomic mass is 10.0. The van der Waals surface area contributed by atoms with Crippen LogP contribution in [0.2, 0.25) is 0 Å². The molecular formula is C29H34N6O3S. The molecule has 1 unspecified atom stereocenters. The molecule has 0 saturated heterocycles. The third kappa shape index (κ3) is 6.17. The second-order valence-corrected chi connectivity index (χ2v) is 10.4. The number of amides is 1. The quantitative estimate of drug-likeness (QED) is 0.204. The van der Waals surface area contributed by atoms with E-state index in [4.69, 9.17) is 4.74 Å². The van der Waals surface area contributed by atoms with Crippen molar-refractivity contribution in [3.63, 3.8) is 0 Å². The first-order valence-corrected chi connectivity index (χ1v) is 13.8. The highest BCUT2D eigenvalue weighted by Gasteiger charge is 2.22. The smallest absolute Gasteiger partial charge is 0.295 e. The van der Waals surface area contributed by atoms with E-state index in [-0.39, 0.29) is 29.0 Å². The van der Waals surface area contributed by atoms with E-state index in [1.165, 1.54) is 22.0 Å². The number of hydrogen-bond donors (Lipinski definition) is 1. The van der Waals surface area contributed by atoms with Crippen LogP contribution in [0.1, 0.15) is 49.9 Å². The zero-order valence-electron chi connectivity index (χ0n) is 22.9. The molecule has 2 heterocycles. The Morgan fingerprint density at radius 2 is 1.79 bits per heavy atom. The molecule has 0 aliphatic heterocycles. The normalized spacial score (nSPS) is 11.9. The van der Waals surface area contributed by atoms with E-state index >= 15 is 0 Å². The summed E-state index contributed by atoms with van der Waals surface area (Å²) in [5.74, 6) is 1.57. The molecule has 0 spiro atoms. The van der Waals surface area contributed by atoms with E-state index < -0.39 is 0 Å². The van der Waals surface area contributed by atoms with Crippen molar-refractivity contribution in [1.82, 2.24) is 24.1 Å². The van der Waals surface area contributed by atoms with Crippen molar-refractivity contribution in [2.45, 2.75) is 51.4 Å². The van der Waals surface area contributed by atoms with Gasteiger partial charge in [-0.3, -0.25) is 18.8 Å². The number of para-hydroxylation sites is 1. The van der Waals surface area contributed by atoms with E-state index in [1.54, 1.807) is 24.7 Å². The number of rotatable bonds is 11. The third-order valence-electron chi connectivity index (χ3n) is 6.43. The first kappa shape index (κ1) is 28.0. The standard InChI is InChI=1S/C29H34N6O3S/c1-7-17-34-27(21(5)38-24-15-13-22(14-16-24)19(2)3)31-32-29(34)39-18-25(36)30-26-20(4)33(6)35(28(26)37)23-11-9-8-10-12-23/h7-16,19,21H,1,17-18H2,2-6H3,(H,30,36). The molecule has 2 aromatic heterocycles. The Kier molecular flexibility index (Phi) is 8.75. The van der Waals surface area contributed by atoms with Gasteiger partial charge in [-0.15, -0.1) is 16.8 Å². The molecule has 9 nitrogen and oxygen atoms in total. The molecule has 4 rings (SSSR count). The van der Waals surface area contributed by atoms with Crippen LogP contribution in [0.15, 0.2) is 77.2 Å². The van der Waals surface area contributed by atoms with Crippen molar-refractivity contribution in [2.75, 3.05) is 11.1 Å². The van der Waals surface area contributed by atoms with Gasteiger partial charge in [0.2, 0.25) is 5.91 Å². The fourth-order valence-electron chi connectivity index (χ4n) is 4.21. The molecule has 204 valence electrons. The average Bonchev–Trinajstić information content (AvgIpc) is 3.42. The van der Waals surface area contributed by atoms with Gasteiger partial charge in [0.1, 0.15) is 11.4 Å². The van der Waals surface area contributed by atoms with Crippen LogP contribution in [0.25, 0.3) is 5.69 Å². The van der Waals surface area contributed by atoms with Gasteiger partial charge in [-0.2, -0.15) is 0 Å². The molecule has 10 heteroatoms. The Morgan fingerprint density at radius 1 is 1.10 bits per heavy atom. The topological polar surface area (TPSA) is 96.0 Å². The van der Waals surface area contributed by atoms with Gasteiger partial charge in [0.15, 0.2) is 17.1 Å². The fraction of sp³-hybridized carbons (Fsp3) is 0.310. The second-order valence-electron chi connectivity index (χ2n) is 9.50. The number of carbonyl (C=O) groups excluding carboxylic acids is 1. The van der Waals surface area contributed by atoms with Gasteiger partial charge in [-0.05, 0) is 49.6 Å². The van der Waals surface area contributed by atoms with Crippen LogP contribution in [0.3, 0.4) is 0 Å². The molecule has 0 radical (unpaired) electrons. The number of nitrogens with one attached hydrogen (secondary N) is 1. The minimum absolute atomic E-state index is 0.0558. The molecule has 1 N–H and O–H groups in total. The molecule has 1 amide bonds. The predicted octanol–water partition coefficient (Wildman–Crippen LogP) is 5.26. The van der Waals surface area contributed by atoms with Crippen LogP contribution in [0, 0.1) is 6.92 Å². The summed E-state index contributed by atoms with van der Waals surface area (Å²) in [6.45, 7) is 12.3. The largest absolute Gasteiger partial charge is 0.483 e. The summed E-state index contributed by atoms with van der Waals surface area (Å²) in [5, 5.41) is 12.0. The Labute approximate surface area is 232 Å². The number of benzene rings is 2. The number of ether oxygens (including phenoxy) is 1. The lowest BCUT2D eigenvalue weighted by Gasteiger charge is -2.16. The average molecular weight is 547 g/mol. The highest BCUT2D eigenvalue weighted by Crippen LogP contribution is 2.26. The van der Waals surface area contributed by atoms with Gasteiger partial charge in [-0.1, -0.05) is 62.0 Å². The second kappa shape index (κ2) is 12.2.